The van der Waals surface area contributed by atoms with Crippen molar-refractivity contribution < 1.29 is 0 Å². The molecule has 2 N–H and O–H groups in total. The number of hydrogen-bond donors (Lipinski definition) is 1. The number of hydrogen-bond acceptors (Lipinski definition) is 2. The van der Waals surface area contributed by atoms with Crippen molar-refractivity contribution in [3.8, 4) is 0 Å². The van der Waals surface area contributed by atoms with Crippen LogP contribution < -0.4 is 5.73 Å². The summed E-state index contributed by atoms with van der Waals surface area (Å²) in [5, 5.41) is 0.809. The van der Waals surface area contributed by atoms with Crippen LogP contribution in [0.15, 0.2) is 24.3 Å². The lowest BCUT2D eigenvalue weighted by atomic mass is 9.95. The molecule has 0 radical (unpaired) electrons. The van der Waals surface area contributed by atoms with Crippen molar-refractivity contribution >= 4 is 11.6 Å². The number of rotatable bonds is 4. The van der Waals surface area contributed by atoms with Crippen molar-refractivity contribution in [3.05, 3.63) is 34.9 Å². The summed E-state index contributed by atoms with van der Waals surface area (Å²) < 4.78 is 0. The van der Waals surface area contributed by atoms with E-state index in [1.165, 1.54) is 31.2 Å². The van der Waals surface area contributed by atoms with E-state index in [4.69, 9.17) is 17.3 Å². The Kier molecular flexibility index (Phi) is 4.08. The molecule has 0 unspecified atom stereocenters. The predicted molar refractivity (Wildman–Crippen MR) is 73.2 cm³/mol. The molecule has 2 nitrogen and oxygen atoms in total. The lowest BCUT2D eigenvalue weighted by molar-refractivity contribution is 0.124. The van der Waals surface area contributed by atoms with E-state index in [-0.39, 0.29) is 5.54 Å². The Hall–Kier alpha value is -0.570. The molecule has 0 atom stereocenters. The molecule has 2 rings (SSSR count). The third-order valence-electron chi connectivity index (χ3n) is 4.03. The zero-order chi connectivity index (χ0) is 12.3. The highest BCUT2D eigenvalue weighted by molar-refractivity contribution is 6.30. The first-order valence-electron chi connectivity index (χ1n) is 6.32. The van der Waals surface area contributed by atoms with Crippen molar-refractivity contribution in [2.24, 2.45) is 5.73 Å². The van der Waals surface area contributed by atoms with E-state index in [0.717, 1.165) is 18.1 Å². The average molecular weight is 253 g/mol. The van der Waals surface area contributed by atoms with Gasteiger partial charge in [0.25, 0.3) is 0 Å². The Morgan fingerprint density at radius 3 is 2.65 bits per heavy atom. The van der Waals surface area contributed by atoms with E-state index in [1.54, 1.807) is 0 Å². The van der Waals surface area contributed by atoms with Crippen LogP contribution in [0.1, 0.15) is 31.2 Å². The standard InChI is InChI=1S/C14H21ClN2/c1-17(14(11-16)7-2-3-8-14)10-12-5-4-6-13(15)9-12/h4-6,9H,2-3,7-8,10-11,16H2,1H3. The van der Waals surface area contributed by atoms with Crippen molar-refractivity contribution in [2.75, 3.05) is 13.6 Å². The number of likely N-dealkylation sites (N-methyl/N-ethyl adjacent to an activating group) is 1. The quantitative estimate of drug-likeness (QED) is 0.893. The van der Waals surface area contributed by atoms with Gasteiger partial charge in [0.05, 0.1) is 0 Å². The number of nitrogens with zero attached hydrogens (tertiary/aromatic N) is 1. The highest BCUT2D eigenvalue weighted by Gasteiger charge is 2.36. The molecule has 0 bridgehead atoms. The molecule has 1 aliphatic rings. The van der Waals surface area contributed by atoms with Crippen LogP contribution >= 0.6 is 11.6 Å². The van der Waals surface area contributed by atoms with Crippen LogP contribution in [-0.2, 0) is 6.54 Å². The Morgan fingerprint density at radius 2 is 2.06 bits per heavy atom. The first-order chi connectivity index (χ1) is 8.16. The normalized spacial score (nSPS) is 18.8. The topological polar surface area (TPSA) is 29.3 Å². The SMILES string of the molecule is CN(Cc1cccc(Cl)c1)C1(CN)CCCC1. The zero-order valence-electron chi connectivity index (χ0n) is 10.5. The van der Waals surface area contributed by atoms with Gasteiger partial charge in [0.15, 0.2) is 0 Å². The molecular formula is C14H21ClN2. The maximum absolute atomic E-state index is 6.01. The van der Waals surface area contributed by atoms with E-state index in [0.29, 0.717) is 0 Å². The molecule has 0 saturated heterocycles. The molecule has 17 heavy (non-hydrogen) atoms. The molecule has 3 heteroatoms. The molecule has 94 valence electrons. The van der Waals surface area contributed by atoms with Crippen molar-refractivity contribution in [1.29, 1.82) is 0 Å². The molecule has 1 fully saturated rings. The first kappa shape index (κ1) is 12.9. The average Bonchev–Trinajstić information content (AvgIpc) is 2.78. The van der Waals surface area contributed by atoms with Gasteiger partial charge in [-0.2, -0.15) is 0 Å². The highest BCUT2D eigenvalue weighted by Crippen LogP contribution is 2.34. The van der Waals surface area contributed by atoms with E-state index in [2.05, 4.69) is 18.0 Å². The molecule has 1 saturated carbocycles. The lowest BCUT2D eigenvalue weighted by Crippen LogP contribution is -2.49. The minimum absolute atomic E-state index is 0.211. The van der Waals surface area contributed by atoms with Crippen LogP contribution in [0, 0.1) is 0 Å². The van der Waals surface area contributed by atoms with Gasteiger partial charge >= 0.3 is 0 Å². The van der Waals surface area contributed by atoms with Crippen LogP contribution in [-0.4, -0.2) is 24.0 Å². The Bertz CT molecular complexity index is 372. The number of nitrogens with two attached hydrogens (primary N) is 1. The minimum atomic E-state index is 0.211. The van der Waals surface area contributed by atoms with Crippen LogP contribution in [0.3, 0.4) is 0 Å². The molecule has 0 amide bonds. The maximum Gasteiger partial charge on any atom is 0.0409 e. The Labute approximate surface area is 109 Å². The fourth-order valence-electron chi connectivity index (χ4n) is 2.85. The second-order valence-corrected chi connectivity index (χ2v) is 5.56. The summed E-state index contributed by atoms with van der Waals surface area (Å²) in [5.41, 5.74) is 7.46. The van der Waals surface area contributed by atoms with Gasteiger partial charge in [-0.25, -0.2) is 0 Å². The van der Waals surface area contributed by atoms with Gasteiger partial charge in [0.1, 0.15) is 0 Å². The predicted octanol–water partition coefficient (Wildman–Crippen LogP) is 3.04. The first-order valence-corrected chi connectivity index (χ1v) is 6.70. The molecule has 1 aromatic carbocycles. The molecule has 0 heterocycles. The number of halogens is 1. The molecule has 1 aromatic rings. The fourth-order valence-corrected chi connectivity index (χ4v) is 3.06. The molecule has 1 aliphatic carbocycles. The smallest absolute Gasteiger partial charge is 0.0409 e. The summed E-state index contributed by atoms with van der Waals surface area (Å²) in [6.07, 6.45) is 5.05. The van der Waals surface area contributed by atoms with Gasteiger partial charge < -0.3 is 5.73 Å². The van der Waals surface area contributed by atoms with Gasteiger partial charge in [-0.15, -0.1) is 0 Å². The summed E-state index contributed by atoms with van der Waals surface area (Å²) >= 11 is 6.01. The summed E-state index contributed by atoms with van der Waals surface area (Å²) in [6.45, 7) is 1.68. The second-order valence-electron chi connectivity index (χ2n) is 5.12. The minimum Gasteiger partial charge on any atom is -0.329 e. The van der Waals surface area contributed by atoms with E-state index in [9.17, 15) is 0 Å². The molecular weight excluding hydrogens is 232 g/mol. The zero-order valence-corrected chi connectivity index (χ0v) is 11.2. The largest absolute Gasteiger partial charge is 0.329 e. The van der Waals surface area contributed by atoms with E-state index >= 15 is 0 Å². The Morgan fingerprint density at radius 1 is 1.35 bits per heavy atom. The van der Waals surface area contributed by atoms with E-state index < -0.39 is 0 Å². The number of benzene rings is 1. The van der Waals surface area contributed by atoms with Crippen LogP contribution in [0.25, 0.3) is 0 Å². The van der Waals surface area contributed by atoms with Crippen molar-refractivity contribution in [2.45, 2.75) is 37.8 Å². The van der Waals surface area contributed by atoms with Crippen LogP contribution in [0.5, 0.6) is 0 Å². The summed E-state index contributed by atoms with van der Waals surface area (Å²) in [5.74, 6) is 0. The van der Waals surface area contributed by atoms with Gasteiger partial charge in [-0.1, -0.05) is 36.6 Å². The van der Waals surface area contributed by atoms with Crippen LogP contribution in [0.2, 0.25) is 5.02 Å². The third-order valence-corrected chi connectivity index (χ3v) is 4.27. The van der Waals surface area contributed by atoms with Crippen molar-refractivity contribution in [1.82, 2.24) is 4.90 Å². The lowest BCUT2D eigenvalue weighted by Gasteiger charge is -2.38. The van der Waals surface area contributed by atoms with Crippen LogP contribution in [0.4, 0.5) is 0 Å². The summed E-state index contributed by atoms with van der Waals surface area (Å²) in [4.78, 5) is 2.41. The summed E-state index contributed by atoms with van der Waals surface area (Å²) in [7, 11) is 2.18. The molecule has 0 spiro atoms. The Balaban J connectivity index is 2.07. The van der Waals surface area contributed by atoms with Gasteiger partial charge in [-0.3, -0.25) is 4.90 Å². The summed E-state index contributed by atoms with van der Waals surface area (Å²) in [6, 6.07) is 8.09. The van der Waals surface area contributed by atoms with E-state index in [1.807, 2.05) is 18.2 Å². The van der Waals surface area contributed by atoms with Gasteiger partial charge in [0, 0.05) is 23.7 Å². The molecule has 0 aromatic heterocycles. The second kappa shape index (κ2) is 5.38. The fraction of sp³-hybridized carbons (Fsp3) is 0.571. The molecule has 0 aliphatic heterocycles. The third kappa shape index (κ3) is 2.82. The van der Waals surface area contributed by atoms with Gasteiger partial charge in [0.2, 0.25) is 0 Å². The maximum atomic E-state index is 6.01. The highest BCUT2D eigenvalue weighted by atomic mass is 35.5. The van der Waals surface area contributed by atoms with Gasteiger partial charge in [-0.05, 0) is 37.6 Å². The van der Waals surface area contributed by atoms with Crippen molar-refractivity contribution in [3.63, 3.8) is 0 Å². The monoisotopic (exact) mass is 252 g/mol.